The van der Waals surface area contributed by atoms with Gasteiger partial charge in [0.25, 0.3) is 0 Å². The highest BCUT2D eigenvalue weighted by Crippen LogP contribution is 1.79. The third kappa shape index (κ3) is 3.60. The molecule has 0 aromatic heterocycles. The van der Waals surface area contributed by atoms with Crippen LogP contribution < -0.4 is 0 Å². The van der Waals surface area contributed by atoms with Crippen LogP contribution in [0.1, 0.15) is 6.42 Å². The molecule has 6 heavy (non-hydrogen) atoms. The third-order valence-corrected chi connectivity index (χ3v) is 0.372. The van der Waals surface area contributed by atoms with Gasteiger partial charge in [-0.05, 0) is 6.42 Å². The molecular weight excluding hydrogens is 83.0 g/mol. The van der Waals surface area contributed by atoms with Gasteiger partial charge in [0.05, 0.1) is 6.67 Å². The van der Waals surface area contributed by atoms with Crippen LogP contribution in [0, 0.1) is 6.42 Å². The zero-order valence-electron chi connectivity index (χ0n) is 3.36. The Morgan fingerprint density at radius 3 is 2.50 bits per heavy atom. The van der Waals surface area contributed by atoms with Crippen LogP contribution in [0.4, 0.5) is 4.39 Å². The summed E-state index contributed by atoms with van der Waals surface area (Å²) in [5.41, 5.74) is 0. The fourth-order valence-corrected chi connectivity index (χ4v) is 0.131. The molecule has 0 unspecified atom stereocenters. The average Bonchev–Trinajstić information content (AvgIpc) is 1.61. The van der Waals surface area contributed by atoms with E-state index < -0.39 is 6.67 Å². The van der Waals surface area contributed by atoms with Gasteiger partial charge in [0.15, 0.2) is 0 Å². The van der Waals surface area contributed by atoms with Crippen LogP contribution in [-0.4, -0.2) is 13.0 Å². The van der Waals surface area contributed by atoms with E-state index in [9.17, 15) is 9.18 Å². The molecule has 0 aliphatic carbocycles. The number of unbranched alkanes of at least 4 members (excludes halogenated alkanes) is 1. The molecule has 0 saturated heterocycles. The van der Waals surface area contributed by atoms with Gasteiger partial charge in [0.1, 0.15) is 6.29 Å². The Morgan fingerprint density at radius 1 is 1.67 bits per heavy atom. The first-order valence-corrected chi connectivity index (χ1v) is 1.73. The molecule has 0 rings (SSSR count). The Kier molecular flexibility index (Phi) is 4.29. The Hall–Kier alpha value is -0.400. The molecule has 2 heteroatoms. The highest BCUT2D eigenvalue weighted by atomic mass is 19.1. The summed E-state index contributed by atoms with van der Waals surface area (Å²) >= 11 is 0. The van der Waals surface area contributed by atoms with E-state index in [0.29, 0.717) is 6.29 Å². The van der Waals surface area contributed by atoms with E-state index in [1.807, 2.05) is 0 Å². The van der Waals surface area contributed by atoms with Crippen LogP contribution in [0.2, 0.25) is 0 Å². The molecular formula is C4H6FO. The highest BCUT2D eigenvalue weighted by Gasteiger charge is 1.78. The molecule has 35 valence electrons. The smallest absolute Gasteiger partial charge is 0.120 e. The number of hydrogen-bond acceptors (Lipinski definition) is 1. The molecule has 0 aliphatic rings. The van der Waals surface area contributed by atoms with Crippen LogP contribution in [0.5, 0.6) is 0 Å². The van der Waals surface area contributed by atoms with Gasteiger partial charge in [-0.1, -0.05) is 0 Å². The second-order valence-corrected chi connectivity index (χ2v) is 0.845. The monoisotopic (exact) mass is 89.0 g/mol. The molecule has 0 aliphatic heterocycles. The normalized spacial score (nSPS) is 8.17. The van der Waals surface area contributed by atoms with Crippen LogP contribution in [0.3, 0.4) is 0 Å². The number of rotatable bonds is 3. The lowest BCUT2D eigenvalue weighted by atomic mass is 10.4. The topological polar surface area (TPSA) is 17.1 Å². The molecule has 0 aromatic carbocycles. The standard InChI is InChI=1S/C4H6FO/c5-3-1-2-4-6/h1,4H,2-3H2. The maximum absolute atomic E-state index is 11.0. The minimum atomic E-state index is -0.501. The number of hydrogen-bond donors (Lipinski definition) is 0. The van der Waals surface area contributed by atoms with Gasteiger partial charge in [0.2, 0.25) is 0 Å². The summed E-state index contributed by atoms with van der Waals surface area (Å²) in [6.07, 6.45) is 2.17. The number of carbonyl (C=O) groups excluding carboxylic acids is 1. The zero-order valence-corrected chi connectivity index (χ0v) is 3.36. The average molecular weight is 89.1 g/mol. The van der Waals surface area contributed by atoms with Gasteiger partial charge < -0.3 is 4.79 Å². The van der Waals surface area contributed by atoms with Crippen molar-refractivity contribution in [2.75, 3.05) is 6.67 Å². The predicted molar refractivity (Wildman–Crippen MR) is 21.0 cm³/mol. The lowest BCUT2D eigenvalue weighted by Gasteiger charge is -1.75. The van der Waals surface area contributed by atoms with Crippen molar-refractivity contribution >= 4 is 6.29 Å². The molecule has 0 amide bonds. The van der Waals surface area contributed by atoms with E-state index in [-0.39, 0.29) is 6.42 Å². The molecule has 0 spiro atoms. The summed E-state index contributed by atoms with van der Waals surface area (Å²) in [6, 6.07) is 0. The first-order chi connectivity index (χ1) is 2.91. The number of aldehydes is 1. The summed E-state index contributed by atoms with van der Waals surface area (Å²) in [5.74, 6) is 0. The van der Waals surface area contributed by atoms with Crippen molar-refractivity contribution in [3.63, 3.8) is 0 Å². The van der Waals surface area contributed by atoms with Gasteiger partial charge >= 0.3 is 0 Å². The van der Waals surface area contributed by atoms with Crippen LogP contribution in [0.15, 0.2) is 0 Å². The van der Waals surface area contributed by atoms with E-state index in [1.165, 1.54) is 6.42 Å². The van der Waals surface area contributed by atoms with Crippen LogP contribution in [-0.2, 0) is 4.79 Å². The minimum Gasteiger partial charge on any atom is -0.303 e. The van der Waals surface area contributed by atoms with E-state index in [0.717, 1.165) is 0 Å². The number of halogens is 1. The van der Waals surface area contributed by atoms with Gasteiger partial charge in [0, 0.05) is 6.42 Å². The minimum absolute atomic E-state index is 0.233. The number of carbonyl (C=O) groups is 1. The van der Waals surface area contributed by atoms with Crippen molar-refractivity contribution in [2.24, 2.45) is 0 Å². The first-order valence-electron chi connectivity index (χ1n) is 1.73. The fraction of sp³-hybridized carbons (Fsp3) is 0.500. The molecule has 0 bridgehead atoms. The van der Waals surface area contributed by atoms with Gasteiger partial charge in [-0.3, -0.25) is 4.39 Å². The SMILES string of the molecule is O=CC[CH]CF. The maximum atomic E-state index is 11.0. The van der Waals surface area contributed by atoms with Crippen LogP contribution >= 0.6 is 0 Å². The third-order valence-electron chi connectivity index (χ3n) is 0.372. The van der Waals surface area contributed by atoms with Crippen molar-refractivity contribution in [2.45, 2.75) is 6.42 Å². The predicted octanol–water partition coefficient (Wildman–Crippen LogP) is 0.749. The first kappa shape index (κ1) is 5.60. The van der Waals surface area contributed by atoms with Crippen molar-refractivity contribution in [3.8, 4) is 0 Å². The van der Waals surface area contributed by atoms with Crippen LogP contribution in [0.25, 0.3) is 0 Å². The molecule has 0 atom stereocenters. The van der Waals surface area contributed by atoms with Gasteiger partial charge in [-0.25, -0.2) is 0 Å². The lowest BCUT2D eigenvalue weighted by Crippen LogP contribution is -1.77. The van der Waals surface area contributed by atoms with Crippen molar-refractivity contribution in [3.05, 3.63) is 6.42 Å². The summed E-state index contributed by atoms with van der Waals surface area (Å²) < 4.78 is 11.0. The lowest BCUT2D eigenvalue weighted by molar-refractivity contribution is -0.107. The molecule has 0 fully saturated rings. The van der Waals surface area contributed by atoms with E-state index in [1.54, 1.807) is 0 Å². The summed E-state index contributed by atoms with van der Waals surface area (Å²) in [4.78, 5) is 9.37. The van der Waals surface area contributed by atoms with Crippen molar-refractivity contribution in [1.82, 2.24) is 0 Å². The van der Waals surface area contributed by atoms with Gasteiger partial charge in [-0.15, -0.1) is 0 Å². The van der Waals surface area contributed by atoms with Crippen molar-refractivity contribution in [1.29, 1.82) is 0 Å². The maximum Gasteiger partial charge on any atom is 0.120 e. The Morgan fingerprint density at radius 2 is 2.33 bits per heavy atom. The molecule has 0 saturated carbocycles. The largest absolute Gasteiger partial charge is 0.303 e. The Bertz CT molecular complexity index is 36.5. The number of alkyl halides is 1. The van der Waals surface area contributed by atoms with E-state index in [2.05, 4.69) is 0 Å². The molecule has 0 heterocycles. The van der Waals surface area contributed by atoms with Crippen molar-refractivity contribution < 1.29 is 9.18 Å². The summed E-state index contributed by atoms with van der Waals surface area (Å²) in [5, 5.41) is 0. The highest BCUT2D eigenvalue weighted by molar-refractivity contribution is 5.50. The fourth-order valence-electron chi connectivity index (χ4n) is 0.131. The molecule has 1 nitrogen and oxygen atoms in total. The van der Waals surface area contributed by atoms with E-state index >= 15 is 0 Å². The second-order valence-electron chi connectivity index (χ2n) is 0.845. The molecule has 0 aromatic rings. The summed E-state index contributed by atoms with van der Waals surface area (Å²) in [7, 11) is 0. The zero-order chi connectivity index (χ0) is 4.83. The Labute approximate surface area is 36.2 Å². The quantitative estimate of drug-likeness (QED) is 0.368. The van der Waals surface area contributed by atoms with Gasteiger partial charge in [-0.2, -0.15) is 0 Å². The Balaban J connectivity index is 2.49. The molecule has 0 N–H and O–H groups in total. The molecule has 1 radical (unpaired) electrons. The van der Waals surface area contributed by atoms with E-state index in [4.69, 9.17) is 0 Å². The summed E-state index contributed by atoms with van der Waals surface area (Å²) in [6.45, 7) is -0.501. The second kappa shape index (κ2) is 4.60.